The maximum atomic E-state index is 11.8. The molecular formula is C14H20N2O2. The number of benzene rings is 1. The second-order valence-electron chi connectivity index (χ2n) is 4.53. The molecule has 1 atom stereocenters. The fourth-order valence-corrected chi connectivity index (χ4v) is 2.36. The molecule has 1 fully saturated rings. The first-order chi connectivity index (χ1) is 8.76. The van der Waals surface area contributed by atoms with Gasteiger partial charge in [0.15, 0.2) is 0 Å². The van der Waals surface area contributed by atoms with Gasteiger partial charge in [0.25, 0.3) is 0 Å². The molecule has 0 aliphatic carbocycles. The van der Waals surface area contributed by atoms with E-state index in [0.29, 0.717) is 13.0 Å². The van der Waals surface area contributed by atoms with Crippen LogP contribution in [0.5, 0.6) is 0 Å². The molecule has 0 spiro atoms. The average molecular weight is 248 g/mol. The zero-order valence-corrected chi connectivity index (χ0v) is 10.7. The molecule has 1 aromatic rings. The number of aryl methyl sites for hydroxylation is 1. The van der Waals surface area contributed by atoms with Gasteiger partial charge in [-0.25, -0.2) is 0 Å². The number of aliphatic hydroxyl groups excluding tert-OH is 1. The maximum absolute atomic E-state index is 11.8. The number of hydrogen-bond donors (Lipinski definition) is 2. The van der Waals surface area contributed by atoms with E-state index in [1.54, 1.807) is 0 Å². The van der Waals surface area contributed by atoms with Crippen molar-refractivity contribution in [1.82, 2.24) is 5.32 Å². The Bertz CT molecular complexity index is 403. The van der Waals surface area contributed by atoms with Crippen molar-refractivity contribution in [2.24, 2.45) is 0 Å². The Morgan fingerprint density at radius 2 is 2.11 bits per heavy atom. The van der Waals surface area contributed by atoms with Crippen LogP contribution in [0.25, 0.3) is 0 Å². The summed E-state index contributed by atoms with van der Waals surface area (Å²) in [6, 6.07) is 8.05. The van der Waals surface area contributed by atoms with Crippen LogP contribution in [0.2, 0.25) is 0 Å². The highest BCUT2D eigenvalue weighted by molar-refractivity contribution is 5.86. The second-order valence-corrected chi connectivity index (χ2v) is 4.53. The lowest BCUT2D eigenvalue weighted by molar-refractivity contribution is -0.123. The molecule has 0 saturated carbocycles. The zero-order valence-electron chi connectivity index (χ0n) is 10.7. The third kappa shape index (κ3) is 2.64. The molecule has 18 heavy (non-hydrogen) atoms. The molecule has 1 aliphatic heterocycles. The Balaban J connectivity index is 2.19. The van der Waals surface area contributed by atoms with Crippen LogP contribution in [0, 0.1) is 0 Å². The Morgan fingerprint density at radius 3 is 2.72 bits per heavy atom. The molecule has 1 aromatic carbocycles. The smallest absolute Gasteiger partial charge is 0.242 e. The highest BCUT2D eigenvalue weighted by atomic mass is 16.3. The summed E-state index contributed by atoms with van der Waals surface area (Å²) in [6.07, 6.45) is 1.49. The molecular weight excluding hydrogens is 228 g/mol. The van der Waals surface area contributed by atoms with Gasteiger partial charge in [-0.3, -0.25) is 4.79 Å². The summed E-state index contributed by atoms with van der Waals surface area (Å²) in [7, 11) is 0. The highest BCUT2D eigenvalue weighted by Gasteiger charge is 2.29. The molecule has 0 bridgehead atoms. The molecule has 1 heterocycles. The minimum Gasteiger partial charge on any atom is -0.396 e. The number of carbonyl (C=O) groups is 1. The van der Waals surface area contributed by atoms with E-state index < -0.39 is 0 Å². The average Bonchev–Trinajstić information content (AvgIpc) is 2.41. The normalized spacial score (nSPS) is 19.8. The first kappa shape index (κ1) is 12.9. The van der Waals surface area contributed by atoms with Crippen LogP contribution >= 0.6 is 0 Å². The van der Waals surface area contributed by atoms with Crippen molar-refractivity contribution < 1.29 is 9.90 Å². The summed E-state index contributed by atoms with van der Waals surface area (Å²) < 4.78 is 0. The SMILES string of the molecule is CCc1ccc(N2CCNC(=O)C2CCO)cc1. The number of nitrogens with zero attached hydrogens (tertiary/aromatic N) is 1. The number of piperazine rings is 1. The number of anilines is 1. The fraction of sp³-hybridized carbons (Fsp3) is 0.500. The monoisotopic (exact) mass is 248 g/mol. The summed E-state index contributed by atoms with van der Waals surface area (Å²) in [4.78, 5) is 13.9. The molecule has 2 N–H and O–H groups in total. The molecule has 1 unspecified atom stereocenters. The van der Waals surface area contributed by atoms with Gasteiger partial charge >= 0.3 is 0 Å². The molecule has 2 rings (SSSR count). The predicted octanol–water partition coefficient (Wildman–Crippen LogP) is 0.936. The molecule has 1 saturated heterocycles. The standard InChI is InChI=1S/C14H20N2O2/c1-2-11-3-5-12(6-4-11)16-9-8-15-14(18)13(16)7-10-17/h3-6,13,17H,2,7-10H2,1H3,(H,15,18). The van der Waals surface area contributed by atoms with Crippen LogP contribution in [0.4, 0.5) is 5.69 Å². The largest absolute Gasteiger partial charge is 0.396 e. The van der Waals surface area contributed by atoms with Gasteiger partial charge in [-0.1, -0.05) is 19.1 Å². The van der Waals surface area contributed by atoms with Gasteiger partial charge in [-0.05, 0) is 30.5 Å². The zero-order chi connectivity index (χ0) is 13.0. The van der Waals surface area contributed by atoms with Crippen LogP contribution < -0.4 is 10.2 Å². The number of hydrogen-bond acceptors (Lipinski definition) is 3. The van der Waals surface area contributed by atoms with Gasteiger partial charge < -0.3 is 15.3 Å². The Hall–Kier alpha value is -1.55. The van der Waals surface area contributed by atoms with Crippen molar-refractivity contribution in [2.75, 3.05) is 24.6 Å². The number of carbonyl (C=O) groups excluding carboxylic acids is 1. The van der Waals surface area contributed by atoms with Crippen LogP contribution in [-0.4, -0.2) is 36.8 Å². The molecule has 0 radical (unpaired) electrons. The Kier molecular flexibility index (Phi) is 4.20. The summed E-state index contributed by atoms with van der Waals surface area (Å²) in [6.45, 7) is 3.61. The Morgan fingerprint density at radius 1 is 1.39 bits per heavy atom. The number of nitrogens with one attached hydrogen (secondary N) is 1. The topological polar surface area (TPSA) is 52.6 Å². The van der Waals surface area contributed by atoms with Gasteiger partial charge in [0.1, 0.15) is 6.04 Å². The van der Waals surface area contributed by atoms with E-state index in [-0.39, 0.29) is 18.6 Å². The minimum atomic E-state index is -0.253. The first-order valence-electron chi connectivity index (χ1n) is 6.50. The van der Waals surface area contributed by atoms with Crippen LogP contribution in [-0.2, 0) is 11.2 Å². The lowest BCUT2D eigenvalue weighted by atomic mass is 10.1. The molecule has 98 valence electrons. The van der Waals surface area contributed by atoms with E-state index in [2.05, 4.69) is 41.4 Å². The number of rotatable bonds is 4. The molecule has 1 aliphatic rings. The predicted molar refractivity (Wildman–Crippen MR) is 71.7 cm³/mol. The summed E-state index contributed by atoms with van der Waals surface area (Å²) >= 11 is 0. The van der Waals surface area contributed by atoms with Gasteiger partial charge in [-0.15, -0.1) is 0 Å². The van der Waals surface area contributed by atoms with Gasteiger partial charge in [-0.2, -0.15) is 0 Å². The van der Waals surface area contributed by atoms with E-state index in [9.17, 15) is 4.79 Å². The van der Waals surface area contributed by atoms with Crippen molar-refractivity contribution in [3.8, 4) is 0 Å². The summed E-state index contributed by atoms with van der Waals surface area (Å²) in [5.41, 5.74) is 2.35. The van der Waals surface area contributed by atoms with Crippen molar-refractivity contribution in [2.45, 2.75) is 25.8 Å². The van der Waals surface area contributed by atoms with Gasteiger partial charge in [0.2, 0.25) is 5.91 Å². The first-order valence-corrected chi connectivity index (χ1v) is 6.50. The minimum absolute atomic E-state index is 0.00914. The number of aliphatic hydroxyl groups is 1. The molecule has 1 amide bonds. The van der Waals surface area contributed by atoms with Crippen LogP contribution in [0.1, 0.15) is 18.9 Å². The lowest BCUT2D eigenvalue weighted by Gasteiger charge is -2.36. The van der Waals surface area contributed by atoms with Crippen molar-refractivity contribution in [1.29, 1.82) is 0 Å². The van der Waals surface area contributed by atoms with Crippen LogP contribution in [0.15, 0.2) is 24.3 Å². The maximum Gasteiger partial charge on any atom is 0.242 e. The number of amides is 1. The highest BCUT2D eigenvalue weighted by Crippen LogP contribution is 2.21. The van der Waals surface area contributed by atoms with Crippen LogP contribution in [0.3, 0.4) is 0 Å². The molecule has 4 heteroatoms. The van der Waals surface area contributed by atoms with Crippen molar-refractivity contribution >= 4 is 11.6 Å². The second kappa shape index (κ2) is 5.87. The third-order valence-electron chi connectivity index (χ3n) is 3.41. The van der Waals surface area contributed by atoms with Crippen molar-refractivity contribution in [3.05, 3.63) is 29.8 Å². The van der Waals surface area contributed by atoms with Gasteiger partial charge in [0, 0.05) is 25.4 Å². The molecule has 4 nitrogen and oxygen atoms in total. The summed E-state index contributed by atoms with van der Waals surface area (Å²) in [5.74, 6) is 0.00914. The van der Waals surface area contributed by atoms with E-state index >= 15 is 0 Å². The van der Waals surface area contributed by atoms with E-state index in [1.165, 1.54) is 5.56 Å². The van der Waals surface area contributed by atoms with Crippen molar-refractivity contribution in [3.63, 3.8) is 0 Å². The van der Waals surface area contributed by atoms with Gasteiger partial charge in [0.05, 0.1) is 0 Å². The van der Waals surface area contributed by atoms with E-state index in [4.69, 9.17) is 5.11 Å². The summed E-state index contributed by atoms with van der Waals surface area (Å²) in [5, 5.41) is 11.9. The molecule has 0 aromatic heterocycles. The van der Waals surface area contributed by atoms with E-state index in [0.717, 1.165) is 18.7 Å². The van der Waals surface area contributed by atoms with E-state index in [1.807, 2.05) is 0 Å². The quantitative estimate of drug-likeness (QED) is 0.833. The third-order valence-corrected chi connectivity index (χ3v) is 3.41. The Labute approximate surface area is 108 Å². The lowest BCUT2D eigenvalue weighted by Crippen LogP contribution is -2.55. The fourth-order valence-electron chi connectivity index (χ4n) is 2.36.